The van der Waals surface area contributed by atoms with E-state index in [4.69, 9.17) is 15.1 Å². The lowest BCUT2D eigenvalue weighted by Crippen LogP contribution is -2.48. The number of hydrogen-bond acceptors (Lipinski definition) is 6. The van der Waals surface area contributed by atoms with E-state index in [1.54, 1.807) is 17.8 Å². The molecule has 29 heavy (non-hydrogen) atoms. The Morgan fingerprint density at radius 3 is 2.62 bits per heavy atom. The Labute approximate surface area is 175 Å². The number of nitrogens with one attached hydrogen (secondary N) is 1. The molecule has 1 aliphatic rings. The van der Waals surface area contributed by atoms with E-state index in [0.717, 1.165) is 0 Å². The van der Waals surface area contributed by atoms with Gasteiger partial charge in [-0.2, -0.15) is 0 Å². The van der Waals surface area contributed by atoms with Crippen molar-refractivity contribution in [1.29, 1.82) is 0 Å². The number of hydrogen-bond donors (Lipinski definition) is 1. The second-order valence-electron chi connectivity index (χ2n) is 9.27. The van der Waals surface area contributed by atoms with E-state index < -0.39 is 34.9 Å². The monoisotopic (exact) mass is 441 g/mol. The molecular formula is C19H33N4O4PSi. The van der Waals surface area contributed by atoms with E-state index in [-0.39, 0.29) is 29.1 Å². The zero-order valence-electron chi connectivity index (χ0n) is 19.5. The molecule has 1 N–H and O–H groups in total. The number of aromatic nitrogens is 4. The van der Waals surface area contributed by atoms with Crippen LogP contribution in [0.1, 0.15) is 41.1 Å². The number of imidazole rings is 1. The maximum atomic E-state index is 12.3. The summed E-state index contributed by atoms with van der Waals surface area (Å²) in [6.45, 7) is 16.8. The summed E-state index contributed by atoms with van der Waals surface area (Å²) in [5, 5.41) is -0.00664. The molecule has 162 valence electrons. The number of aryl methyl sites for hydroxylation is 1. The summed E-state index contributed by atoms with van der Waals surface area (Å²) in [7, 11) is -2.87. The molecule has 1 fully saturated rings. The van der Waals surface area contributed by atoms with Gasteiger partial charge in [-0.3, -0.25) is 9.36 Å². The molecule has 0 spiro atoms. The van der Waals surface area contributed by atoms with E-state index >= 15 is 0 Å². The molecule has 1 unspecified atom stereocenters. The number of nitrogens with zero attached hydrogens (tertiary/aromatic N) is 3. The average Bonchev–Trinajstić information content (AvgIpc) is 3.15. The fourth-order valence-electron chi connectivity index (χ4n) is 3.17. The van der Waals surface area contributed by atoms with E-state index in [9.17, 15) is 4.79 Å². The largest absolute Gasteiger partial charge is 0.407 e. The molecule has 3 rings (SSSR count). The number of aromatic amines is 1. The van der Waals surface area contributed by atoms with Crippen LogP contribution < -0.4 is 5.56 Å². The van der Waals surface area contributed by atoms with E-state index in [2.05, 4.69) is 48.8 Å². The highest BCUT2D eigenvalue weighted by Crippen LogP contribution is 2.45. The highest BCUT2D eigenvalue weighted by molar-refractivity contribution is 7.50. The molecule has 0 aromatic carbocycles. The van der Waals surface area contributed by atoms with Crippen LogP contribution in [0.2, 0.25) is 18.1 Å². The Morgan fingerprint density at radius 2 is 2.03 bits per heavy atom. The Morgan fingerprint density at radius 1 is 1.34 bits per heavy atom. The zero-order chi connectivity index (χ0) is 22.4. The molecule has 8 nitrogen and oxygen atoms in total. The third-order valence-electron chi connectivity index (χ3n) is 5.68. The molecule has 4 atom stereocenters. The molecule has 0 radical (unpaired) electrons. The molecular weight excluding hydrogens is 407 g/mol. The maximum absolute atomic E-state index is 12.3. The first kappa shape index (κ1) is 21.1. The highest BCUT2D eigenvalue weighted by atomic mass is 31.1. The van der Waals surface area contributed by atoms with Crippen LogP contribution in [-0.4, -0.2) is 59.5 Å². The summed E-state index contributed by atoms with van der Waals surface area (Å²) >= 11 is 0. The third kappa shape index (κ3) is 4.34. The predicted molar refractivity (Wildman–Crippen MR) is 118 cm³/mol. The normalized spacial score (nSPS) is 26.4. The van der Waals surface area contributed by atoms with Gasteiger partial charge < -0.3 is 18.7 Å². The quantitative estimate of drug-likeness (QED) is 0.561. The number of H-pyrrole nitrogens is 1. The first-order valence-electron chi connectivity index (χ1n) is 10.5. The molecule has 2 aromatic rings. The Kier molecular flexibility index (Phi) is 5.72. The van der Waals surface area contributed by atoms with E-state index in [1.165, 1.54) is 0 Å². The molecule has 0 amide bonds. The van der Waals surface area contributed by atoms with Crippen molar-refractivity contribution >= 4 is 27.6 Å². The number of fused-ring (bicyclic) bond motifs is 1. The zero-order valence-corrected chi connectivity index (χ0v) is 20.4. The highest BCUT2D eigenvalue weighted by Gasteiger charge is 2.50. The molecule has 0 bridgehead atoms. The summed E-state index contributed by atoms with van der Waals surface area (Å²) in [6, 6.07) is 0. The molecule has 0 saturated carbocycles. The van der Waals surface area contributed by atoms with Gasteiger partial charge >= 0.3 is 0 Å². The van der Waals surface area contributed by atoms with Crippen LogP contribution in [0.5, 0.6) is 0 Å². The van der Waals surface area contributed by atoms with E-state index in [0.29, 0.717) is 11.5 Å². The number of ether oxygens (including phenoxy) is 1. The van der Waals surface area contributed by atoms with Crippen molar-refractivity contribution < 1.29 is 15.1 Å². The molecule has 10 heteroatoms. The van der Waals surface area contributed by atoms with Gasteiger partial charge in [0.05, 0.1) is 12.4 Å². The second-order valence-corrected chi connectivity index (χ2v) is 15.9. The van der Waals surface area contributed by atoms with Crippen molar-refractivity contribution in [2.75, 3.05) is 13.3 Å². The van der Waals surface area contributed by atoms with Gasteiger partial charge in [0.25, 0.3) is 5.56 Å². The third-order valence-corrected chi connectivity index (χ3v) is 10.8. The van der Waals surface area contributed by atoms with Gasteiger partial charge in [-0.15, -0.1) is 0 Å². The standard InChI is InChI=1S/C19H33N4O4PSi/c1-11-14(26-28(6)7)15(27-29(8,9)19(3,4)5)18(25-11)23-10-20-13-16(23)21-12(2)22-17(13)24/h10-11,14-15,18H,1-9H3,(H,21,22,24)/t11-,14?,15+,18-/m1/s1/i1D. The van der Waals surface area contributed by atoms with Crippen molar-refractivity contribution in [3.05, 3.63) is 22.5 Å². The van der Waals surface area contributed by atoms with Crippen LogP contribution in [0.4, 0.5) is 0 Å². The smallest absolute Gasteiger partial charge is 0.279 e. The SMILES string of the molecule is [2H]C[C@H]1O[C@@H](n2cnc3c(=O)[nH]c(C)nc32)[C@@H](O[Si](C)(C)C(C)(C)C)C1OP(C)C. The summed E-state index contributed by atoms with van der Waals surface area (Å²) < 4.78 is 29.2. The van der Waals surface area contributed by atoms with Gasteiger partial charge in [-0.1, -0.05) is 20.8 Å². The maximum Gasteiger partial charge on any atom is 0.279 e. The van der Waals surface area contributed by atoms with Crippen LogP contribution in [0.25, 0.3) is 11.2 Å². The fraction of sp³-hybridized carbons (Fsp3) is 0.737. The minimum absolute atomic E-state index is 0.00664. The van der Waals surface area contributed by atoms with Crippen molar-refractivity contribution in [3.8, 4) is 0 Å². The van der Waals surface area contributed by atoms with Gasteiger partial charge in [0.15, 0.2) is 25.7 Å². The Balaban J connectivity index is 2.10. The Bertz CT molecular complexity index is 958. The van der Waals surface area contributed by atoms with Crippen molar-refractivity contribution in [3.63, 3.8) is 0 Å². The molecule has 1 saturated heterocycles. The van der Waals surface area contributed by atoms with Crippen molar-refractivity contribution in [2.24, 2.45) is 0 Å². The minimum Gasteiger partial charge on any atom is -0.407 e. The first-order chi connectivity index (χ1) is 13.9. The fourth-order valence-corrected chi connectivity index (χ4v) is 5.19. The topological polar surface area (TPSA) is 91.3 Å². The van der Waals surface area contributed by atoms with Crippen LogP contribution in [0, 0.1) is 6.92 Å². The lowest BCUT2D eigenvalue weighted by Gasteiger charge is -2.40. The summed E-state index contributed by atoms with van der Waals surface area (Å²) in [5.41, 5.74) is 0.423. The Hall–Kier alpha value is -1.12. The lowest BCUT2D eigenvalue weighted by molar-refractivity contribution is -0.0260. The van der Waals surface area contributed by atoms with Gasteiger partial charge in [-0.05, 0) is 45.3 Å². The minimum atomic E-state index is -2.18. The van der Waals surface area contributed by atoms with Gasteiger partial charge in [0.1, 0.15) is 18.0 Å². The molecule has 2 aromatic heterocycles. The van der Waals surface area contributed by atoms with Gasteiger partial charge in [-0.25, -0.2) is 9.97 Å². The van der Waals surface area contributed by atoms with Gasteiger partial charge in [0, 0.05) is 9.52 Å². The predicted octanol–water partition coefficient (Wildman–Crippen LogP) is 3.78. The van der Waals surface area contributed by atoms with Crippen molar-refractivity contribution in [2.45, 2.75) is 77.3 Å². The lowest BCUT2D eigenvalue weighted by atomic mass is 10.1. The van der Waals surface area contributed by atoms with Crippen molar-refractivity contribution in [1.82, 2.24) is 19.5 Å². The van der Waals surface area contributed by atoms with Crippen LogP contribution in [0.15, 0.2) is 11.1 Å². The summed E-state index contributed by atoms with van der Waals surface area (Å²) in [6.07, 6.45) is -0.236. The summed E-state index contributed by atoms with van der Waals surface area (Å²) in [5.74, 6) is 0.504. The van der Waals surface area contributed by atoms with Gasteiger partial charge in [0.2, 0.25) is 0 Å². The number of rotatable bonds is 5. The van der Waals surface area contributed by atoms with Crippen LogP contribution in [0.3, 0.4) is 0 Å². The summed E-state index contributed by atoms with van der Waals surface area (Å²) in [4.78, 5) is 23.8. The first-order valence-corrected chi connectivity index (χ1v) is 14.8. The average molecular weight is 442 g/mol. The van der Waals surface area contributed by atoms with E-state index in [1.807, 2.05) is 13.3 Å². The molecule has 1 aliphatic heterocycles. The molecule has 3 heterocycles. The van der Waals surface area contributed by atoms with Crippen LogP contribution >= 0.6 is 8.15 Å². The van der Waals surface area contributed by atoms with Crippen LogP contribution in [-0.2, 0) is 13.7 Å². The second kappa shape index (κ2) is 7.85. The molecule has 0 aliphatic carbocycles.